The van der Waals surface area contributed by atoms with Crippen LogP contribution in [0.1, 0.15) is 0 Å². The van der Waals surface area contributed by atoms with E-state index in [2.05, 4.69) is 5.32 Å². The number of ether oxygens (including phenoxy) is 2. The lowest BCUT2D eigenvalue weighted by atomic mass is 10.1. The van der Waals surface area contributed by atoms with Crippen molar-refractivity contribution in [3.05, 3.63) is 88.2 Å². The molecule has 0 aliphatic rings. The molecule has 0 unspecified atom stereocenters. The van der Waals surface area contributed by atoms with Gasteiger partial charge in [-0.05, 0) is 42.0 Å². The molecular weight excluding hydrogens is 418 g/mol. The summed E-state index contributed by atoms with van der Waals surface area (Å²) >= 11 is 6.03. The highest BCUT2D eigenvalue weighted by Crippen LogP contribution is 2.25. The van der Waals surface area contributed by atoms with E-state index in [4.69, 9.17) is 25.5 Å². The van der Waals surface area contributed by atoms with Crippen LogP contribution in [0.3, 0.4) is 0 Å². The minimum absolute atomic E-state index is 0.158. The maximum absolute atomic E-state index is 12.9. The zero-order chi connectivity index (χ0) is 21.8. The van der Waals surface area contributed by atoms with Gasteiger partial charge in [-0.2, -0.15) is 0 Å². The molecule has 31 heavy (non-hydrogen) atoms. The molecule has 4 aromatic rings. The topological polar surface area (TPSA) is 77.8 Å². The number of halogens is 1. The number of methoxy groups -OCH3 is 1. The van der Waals surface area contributed by atoms with E-state index in [1.54, 1.807) is 73.8 Å². The van der Waals surface area contributed by atoms with Crippen molar-refractivity contribution in [3.63, 3.8) is 0 Å². The minimum atomic E-state index is -0.357. The van der Waals surface area contributed by atoms with Crippen LogP contribution in [0.2, 0.25) is 5.02 Å². The number of amides is 1. The Bertz CT molecular complexity index is 1300. The third kappa shape index (κ3) is 4.54. The van der Waals surface area contributed by atoms with Crippen molar-refractivity contribution in [1.82, 2.24) is 0 Å². The van der Waals surface area contributed by atoms with Crippen molar-refractivity contribution < 1.29 is 18.7 Å². The van der Waals surface area contributed by atoms with E-state index >= 15 is 0 Å². The summed E-state index contributed by atoms with van der Waals surface area (Å²) in [6, 6.07) is 18.9. The van der Waals surface area contributed by atoms with E-state index in [-0.39, 0.29) is 17.9 Å². The monoisotopic (exact) mass is 435 g/mol. The zero-order valence-electron chi connectivity index (χ0n) is 16.6. The molecule has 4 rings (SSSR count). The van der Waals surface area contributed by atoms with Crippen LogP contribution >= 0.6 is 11.6 Å². The Morgan fingerprint density at radius 3 is 2.52 bits per heavy atom. The second kappa shape index (κ2) is 8.93. The van der Waals surface area contributed by atoms with Crippen molar-refractivity contribution >= 4 is 34.2 Å². The molecule has 0 spiro atoms. The van der Waals surface area contributed by atoms with E-state index in [0.717, 1.165) is 5.56 Å². The Morgan fingerprint density at radius 2 is 1.77 bits per heavy atom. The average molecular weight is 436 g/mol. The van der Waals surface area contributed by atoms with Gasteiger partial charge in [0.1, 0.15) is 23.3 Å². The zero-order valence-corrected chi connectivity index (χ0v) is 17.3. The molecular formula is C24H18ClNO5. The number of hydrogen-bond acceptors (Lipinski definition) is 5. The fraction of sp³-hybridized carbons (Fsp3) is 0.0833. The van der Waals surface area contributed by atoms with Gasteiger partial charge in [0.05, 0.1) is 28.8 Å². The summed E-state index contributed by atoms with van der Waals surface area (Å²) in [7, 11) is 1.58. The maximum Gasteiger partial charge on any atom is 0.262 e. The molecule has 0 saturated carbocycles. The van der Waals surface area contributed by atoms with Crippen molar-refractivity contribution in [2.24, 2.45) is 0 Å². The molecule has 0 fully saturated rings. The van der Waals surface area contributed by atoms with Gasteiger partial charge in [-0.25, -0.2) is 0 Å². The van der Waals surface area contributed by atoms with Crippen LogP contribution in [0.5, 0.6) is 11.5 Å². The number of rotatable bonds is 6. The van der Waals surface area contributed by atoms with Crippen molar-refractivity contribution in [2.45, 2.75) is 0 Å². The third-order valence-electron chi connectivity index (χ3n) is 4.66. The molecule has 3 aromatic carbocycles. The molecule has 1 aromatic heterocycles. The van der Waals surface area contributed by atoms with E-state index < -0.39 is 0 Å². The number of carbonyl (C=O) groups is 1. The lowest BCUT2D eigenvalue weighted by Crippen LogP contribution is -2.20. The minimum Gasteiger partial charge on any atom is -0.497 e. The molecule has 1 N–H and O–H groups in total. The molecule has 0 atom stereocenters. The highest BCUT2D eigenvalue weighted by molar-refractivity contribution is 6.33. The van der Waals surface area contributed by atoms with Gasteiger partial charge in [-0.1, -0.05) is 35.9 Å². The van der Waals surface area contributed by atoms with Crippen molar-refractivity contribution in [2.75, 3.05) is 19.0 Å². The number of fused-ring (bicyclic) bond motifs is 1. The number of carbonyl (C=O) groups excluding carboxylic acids is 1. The molecule has 0 aliphatic carbocycles. The normalized spacial score (nSPS) is 10.6. The van der Waals surface area contributed by atoms with Crippen LogP contribution < -0.4 is 20.2 Å². The maximum atomic E-state index is 12.9. The number of nitrogens with one attached hydrogen (secondary N) is 1. The molecule has 1 heterocycles. The summed E-state index contributed by atoms with van der Waals surface area (Å²) in [4.78, 5) is 25.0. The van der Waals surface area contributed by atoms with Crippen LogP contribution in [-0.2, 0) is 4.79 Å². The molecule has 1 amide bonds. The SMILES string of the molecule is COc1ccc(-c2coc3cc(OCC(=O)Nc4ccccc4Cl)ccc3c2=O)cc1. The summed E-state index contributed by atoms with van der Waals surface area (Å²) < 4.78 is 16.3. The average Bonchev–Trinajstić information content (AvgIpc) is 2.79. The van der Waals surface area contributed by atoms with Gasteiger partial charge in [-0.3, -0.25) is 9.59 Å². The second-order valence-electron chi connectivity index (χ2n) is 6.68. The largest absolute Gasteiger partial charge is 0.497 e. The quantitative estimate of drug-likeness (QED) is 0.453. The Kier molecular flexibility index (Phi) is 5.91. The Morgan fingerprint density at radius 1 is 1.03 bits per heavy atom. The van der Waals surface area contributed by atoms with Gasteiger partial charge in [0.2, 0.25) is 0 Å². The summed E-state index contributed by atoms with van der Waals surface area (Å²) in [6.45, 7) is -0.217. The fourth-order valence-corrected chi connectivity index (χ4v) is 3.25. The summed E-state index contributed by atoms with van der Waals surface area (Å²) in [5.41, 5.74) is 1.89. The van der Waals surface area contributed by atoms with E-state index in [9.17, 15) is 9.59 Å². The standard InChI is InChI=1S/C24H18ClNO5/c1-29-16-8-6-15(7-9-16)19-13-31-22-12-17(10-11-18(22)24(19)28)30-14-23(27)26-21-5-3-2-4-20(21)25/h2-13H,14H2,1H3,(H,26,27). The molecule has 156 valence electrons. The molecule has 0 saturated heterocycles. The first-order chi connectivity index (χ1) is 15.0. The van der Waals surface area contributed by atoms with Crippen LogP contribution in [0, 0.1) is 0 Å². The van der Waals surface area contributed by atoms with Gasteiger partial charge in [0.15, 0.2) is 12.0 Å². The fourth-order valence-electron chi connectivity index (χ4n) is 3.07. The van der Waals surface area contributed by atoms with E-state index in [1.165, 1.54) is 6.26 Å². The lowest BCUT2D eigenvalue weighted by molar-refractivity contribution is -0.118. The first-order valence-corrected chi connectivity index (χ1v) is 9.80. The van der Waals surface area contributed by atoms with E-state index in [0.29, 0.717) is 38.7 Å². The molecule has 0 radical (unpaired) electrons. The van der Waals surface area contributed by atoms with Gasteiger partial charge in [0.25, 0.3) is 5.91 Å². The summed E-state index contributed by atoms with van der Waals surface area (Å²) in [5.74, 6) is 0.751. The highest BCUT2D eigenvalue weighted by atomic mass is 35.5. The van der Waals surface area contributed by atoms with Crippen LogP contribution in [-0.4, -0.2) is 19.6 Å². The van der Waals surface area contributed by atoms with E-state index in [1.807, 2.05) is 0 Å². The number of para-hydroxylation sites is 1. The molecule has 7 heteroatoms. The first kappa shape index (κ1) is 20.5. The third-order valence-corrected chi connectivity index (χ3v) is 4.99. The Balaban J connectivity index is 1.50. The van der Waals surface area contributed by atoms with Gasteiger partial charge in [0, 0.05) is 6.07 Å². The molecule has 0 bridgehead atoms. The van der Waals surface area contributed by atoms with Crippen molar-refractivity contribution in [1.29, 1.82) is 0 Å². The van der Waals surface area contributed by atoms with Crippen LogP contribution in [0.15, 0.2) is 82.2 Å². The summed E-state index contributed by atoms with van der Waals surface area (Å²) in [5, 5.41) is 3.54. The number of benzene rings is 3. The highest BCUT2D eigenvalue weighted by Gasteiger charge is 2.11. The van der Waals surface area contributed by atoms with Crippen molar-refractivity contribution in [3.8, 4) is 22.6 Å². The molecule has 6 nitrogen and oxygen atoms in total. The predicted octanol–water partition coefficient (Wildman–Crippen LogP) is 5.14. The van der Waals surface area contributed by atoms with Crippen LogP contribution in [0.4, 0.5) is 5.69 Å². The summed E-state index contributed by atoms with van der Waals surface area (Å²) in [6.07, 6.45) is 1.42. The number of hydrogen-bond donors (Lipinski definition) is 1. The van der Waals surface area contributed by atoms with Gasteiger partial charge < -0.3 is 19.2 Å². The smallest absolute Gasteiger partial charge is 0.262 e. The Labute approximate surface area is 183 Å². The Hall–Kier alpha value is -3.77. The van der Waals surface area contributed by atoms with Crippen LogP contribution in [0.25, 0.3) is 22.1 Å². The first-order valence-electron chi connectivity index (χ1n) is 9.42. The number of anilines is 1. The predicted molar refractivity (Wildman–Crippen MR) is 120 cm³/mol. The molecule has 0 aliphatic heterocycles. The second-order valence-corrected chi connectivity index (χ2v) is 7.09. The van der Waals surface area contributed by atoms with Gasteiger partial charge >= 0.3 is 0 Å². The lowest BCUT2D eigenvalue weighted by Gasteiger charge is -2.09. The van der Waals surface area contributed by atoms with Gasteiger partial charge in [-0.15, -0.1) is 0 Å².